The van der Waals surface area contributed by atoms with Crippen LogP contribution in [0.3, 0.4) is 0 Å². The molecule has 0 radical (unpaired) electrons. The molecule has 0 spiro atoms. The van der Waals surface area contributed by atoms with Crippen molar-refractivity contribution in [2.75, 3.05) is 53.4 Å². The second-order valence-electron chi connectivity index (χ2n) is 9.07. The molecule has 2 fully saturated rings. The standard InChI is InChI=1S/C25H34N4O3S/c1-26(2)33(31,32)29-15-9-14-23(20-29)25(30)28-18-16-27(17-19-28)24(21-10-5-3-6-11-21)22-12-7-4-8-13-22/h3-8,10-13,23-24H,9,14-20H2,1-2H3/t23-/m1/s1. The quantitative estimate of drug-likeness (QED) is 0.651. The van der Waals surface area contributed by atoms with Gasteiger partial charge in [0.1, 0.15) is 0 Å². The number of nitrogens with zero attached hydrogens (tertiary/aromatic N) is 4. The number of rotatable bonds is 6. The van der Waals surface area contributed by atoms with Gasteiger partial charge in [-0.2, -0.15) is 17.0 Å². The highest BCUT2D eigenvalue weighted by molar-refractivity contribution is 7.86. The van der Waals surface area contributed by atoms with Gasteiger partial charge in [-0.3, -0.25) is 9.69 Å². The Labute approximate surface area is 197 Å². The summed E-state index contributed by atoms with van der Waals surface area (Å²) in [5.41, 5.74) is 2.50. The van der Waals surface area contributed by atoms with Gasteiger partial charge in [0, 0.05) is 53.4 Å². The molecule has 33 heavy (non-hydrogen) atoms. The molecule has 0 unspecified atom stereocenters. The van der Waals surface area contributed by atoms with Crippen LogP contribution < -0.4 is 0 Å². The smallest absolute Gasteiger partial charge is 0.281 e. The number of piperidine rings is 1. The zero-order valence-corrected chi connectivity index (χ0v) is 20.3. The minimum Gasteiger partial charge on any atom is -0.340 e. The van der Waals surface area contributed by atoms with Gasteiger partial charge >= 0.3 is 0 Å². The Balaban J connectivity index is 1.43. The molecule has 0 N–H and O–H groups in total. The number of amides is 1. The topological polar surface area (TPSA) is 64.2 Å². The van der Waals surface area contributed by atoms with Crippen molar-refractivity contribution in [1.82, 2.24) is 18.4 Å². The van der Waals surface area contributed by atoms with Crippen LogP contribution in [0.4, 0.5) is 0 Å². The van der Waals surface area contributed by atoms with Gasteiger partial charge in [-0.1, -0.05) is 60.7 Å². The molecule has 2 aromatic rings. The highest BCUT2D eigenvalue weighted by Crippen LogP contribution is 2.30. The first-order valence-corrected chi connectivity index (χ1v) is 13.1. The minimum absolute atomic E-state index is 0.0873. The van der Waals surface area contributed by atoms with Crippen molar-refractivity contribution in [2.45, 2.75) is 18.9 Å². The lowest BCUT2D eigenvalue weighted by atomic mass is 9.95. The maximum absolute atomic E-state index is 13.3. The fraction of sp³-hybridized carbons (Fsp3) is 0.480. The number of hydrogen-bond donors (Lipinski definition) is 0. The zero-order valence-electron chi connectivity index (χ0n) is 19.5. The van der Waals surface area contributed by atoms with Gasteiger partial charge in [0.15, 0.2) is 0 Å². The van der Waals surface area contributed by atoms with Crippen LogP contribution in [0.2, 0.25) is 0 Å². The third-order valence-corrected chi connectivity index (χ3v) is 8.65. The average Bonchev–Trinajstić information content (AvgIpc) is 2.85. The summed E-state index contributed by atoms with van der Waals surface area (Å²) in [6.45, 7) is 3.64. The Morgan fingerprint density at radius 2 is 1.42 bits per heavy atom. The Kier molecular flexibility index (Phi) is 7.48. The van der Waals surface area contributed by atoms with Crippen LogP contribution in [0.1, 0.15) is 30.0 Å². The summed E-state index contributed by atoms with van der Waals surface area (Å²) in [5.74, 6) is -0.177. The molecule has 2 aliphatic rings. The van der Waals surface area contributed by atoms with Crippen molar-refractivity contribution in [2.24, 2.45) is 5.92 Å². The molecule has 2 aromatic carbocycles. The Morgan fingerprint density at radius 3 is 1.94 bits per heavy atom. The first-order chi connectivity index (χ1) is 15.9. The van der Waals surface area contributed by atoms with E-state index in [9.17, 15) is 13.2 Å². The van der Waals surface area contributed by atoms with Gasteiger partial charge in [-0.05, 0) is 24.0 Å². The molecule has 1 atom stereocenters. The van der Waals surface area contributed by atoms with Crippen LogP contribution in [0.25, 0.3) is 0 Å². The first kappa shape index (κ1) is 23.9. The number of hydrogen-bond acceptors (Lipinski definition) is 4. The van der Waals surface area contributed by atoms with Crippen molar-refractivity contribution in [1.29, 1.82) is 0 Å². The molecule has 2 saturated heterocycles. The van der Waals surface area contributed by atoms with Crippen molar-refractivity contribution < 1.29 is 13.2 Å². The van der Waals surface area contributed by atoms with Crippen molar-refractivity contribution in [3.8, 4) is 0 Å². The van der Waals surface area contributed by atoms with E-state index < -0.39 is 10.2 Å². The molecule has 2 heterocycles. The van der Waals surface area contributed by atoms with E-state index >= 15 is 0 Å². The molecule has 8 heteroatoms. The maximum atomic E-state index is 13.3. The summed E-state index contributed by atoms with van der Waals surface area (Å²) in [5, 5.41) is 0. The van der Waals surface area contributed by atoms with Crippen LogP contribution in [-0.2, 0) is 15.0 Å². The summed E-state index contributed by atoms with van der Waals surface area (Å²) in [4.78, 5) is 17.7. The molecular weight excluding hydrogens is 436 g/mol. The van der Waals surface area contributed by atoms with Crippen molar-refractivity contribution in [3.63, 3.8) is 0 Å². The fourth-order valence-corrected chi connectivity index (χ4v) is 6.12. The summed E-state index contributed by atoms with van der Waals surface area (Å²) < 4.78 is 27.8. The van der Waals surface area contributed by atoms with E-state index in [0.717, 1.165) is 19.5 Å². The summed E-state index contributed by atoms with van der Waals surface area (Å²) >= 11 is 0. The predicted molar refractivity (Wildman–Crippen MR) is 130 cm³/mol. The third-order valence-electron chi connectivity index (χ3n) is 6.74. The highest BCUT2D eigenvalue weighted by Gasteiger charge is 2.36. The molecule has 0 aliphatic carbocycles. The van der Waals surface area contributed by atoms with E-state index in [1.54, 1.807) is 0 Å². The van der Waals surface area contributed by atoms with Crippen LogP contribution in [-0.4, -0.2) is 86.1 Å². The van der Waals surface area contributed by atoms with Crippen molar-refractivity contribution in [3.05, 3.63) is 71.8 Å². The molecular formula is C25H34N4O3S. The predicted octanol–water partition coefficient (Wildman–Crippen LogP) is 2.44. The van der Waals surface area contributed by atoms with Crippen molar-refractivity contribution >= 4 is 16.1 Å². The van der Waals surface area contributed by atoms with E-state index in [0.29, 0.717) is 26.1 Å². The second kappa shape index (κ2) is 10.3. The van der Waals surface area contributed by atoms with Gasteiger partial charge in [-0.15, -0.1) is 0 Å². The highest BCUT2D eigenvalue weighted by atomic mass is 32.2. The van der Waals surface area contributed by atoms with Gasteiger partial charge < -0.3 is 4.90 Å². The molecule has 2 aliphatic heterocycles. The summed E-state index contributed by atoms with van der Waals surface area (Å²) in [7, 11) is -0.416. The lowest BCUT2D eigenvalue weighted by molar-refractivity contribution is -0.138. The Hall–Kier alpha value is -2.26. The third kappa shape index (κ3) is 5.30. The van der Waals surface area contributed by atoms with Gasteiger partial charge in [-0.25, -0.2) is 0 Å². The second-order valence-corrected chi connectivity index (χ2v) is 11.2. The number of piperazine rings is 1. The number of carbonyl (C=O) groups excluding carboxylic acids is 1. The van der Waals surface area contributed by atoms with Crippen LogP contribution in [0.5, 0.6) is 0 Å². The minimum atomic E-state index is -3.49. The Morgan fingerprint density at radius 1 is 0.879 bits per heavy atom. The molecule has 0 bridgehead atoms. The normalized spacial score (nSPS) is 21.0. The van der Waals surface area contributed by atoms with Gasteiger partial charge in [0.2, 0.25) is 5.91 Å². The molecule has 0 aromatic heterocycles. The Bertz CT molecular complexity index is 983. The van der Waals surface area contributed by atoms with E-state index in [4.69, 9.17) is 0 Å². The van der Waals surface area contributed by atoms with Gasteiger partial charge in [0.25, 0.3) is 10.2 Å². The molecule has 4 rings (SSSR count). The maximum Gasteiger partial charge on any atom is 0.281 e. The molecule has 7 nitrogen and oxygen atoms in total. The largest absolute Gasteiger partial charge is 0.340 e. The monoisotopic (exact) mass is 470 g/mol. The lowest BCUT2D eigenvalue weighted by Gasteiger charge is -2.41. The van der Waals surface area contributed by atoms with Gasteiger partial charge in [0.05, 0.1) is 12.0 Å². The van der Waals surface area contributed by atoms with E-state index in [-0.39, 0.29) is 24.4 Å². The fourth-order valence-electron chi connectivity index (χ4n) is 4.93. The van der Waals surface area contributed by atoms with Crippen LogP contribution in [0.15, 0.2) is 60.7 Å². The molecule has 178 valence electrons. The summed E-state index contributed by atoms with van der Waals surface area (Å²) in [6, 6.07) is 21.2. The first-order valence-electron chi connectivity index (χ1n) is 11.7. The number of carbonyl (C=O) groups is 1. The SMILES string of the molecule is CN(C)S(=O)(=O)N1CCC[C@@H](C(=O)N2CCN(C(c3ccccc3)c3ccccc3)CC2)C1. The summed E-state index contributed by atoms with van der Waals surface area (Å²) in [6.07, 6.45) is 1.46. The molecule has 0 saturated carbocycles. The zero-order chi connectivity index (χ0) is 23.4. The van der Waals surface area contributed by atoms with Crippen LogP contribution >= 0.6 is 0 Å². The van der Waals surface area contributed by atoms with E-state index in [2.05, 4.69) is 53.4 Å². The van der Waals surface area contributed by atoms with Crippen LogP contribution in [0, 0.1) is 5.92 Å². The lowest BCUT2D eigenvalue weighted by Crippen LogP contribution is -2.54. The number of benzene rings is 2. The molecule has 1 amide bonds. The van der Waals surface area contributed by atoms with E-state index in [1.165, 1.54) is 33.8 Å². The van der Waals surface area contributed by atoms with E-state index in [1.807, 2.05) is 17.0 Å². The average molecular weight is 471 g/mol.